The van der Waals surface area contributed by atoms with Gasteiger partial charge in [-0.25, -0.2) is 13.8 Å². The molecule has 0 aliphatic rings. The molecule has 4 aromatic rings. The maximum atomic E-state index is 12.4. The number of sulfonamides is 1. The fourth-order valence-electron chi connectivity index (χ4n) is 3.61. The van der Waals surface area contributed by atoms with Gasteiger partial charge in [-0.05, 0) is 64.4 Å². The molecule has 4 aromatic carbocycles. The quantitative estimate of drug-likeness (QED) is 0.226. The van der Waals surface area contributed by atoms with Crippen LogP contribution < -0.4 is 14.5 Å². The molecule has 0 unspecified atom stereocenters. The Kier molecular flexibility index (Phi) is 8.02. The topological polar surface area (TPSA) is 88.1 Å². The molecule has 36 heavy (non-hydrogen) atoms. The number of fused-ring (bicyclic) bond motifs is 1. The standard InChI is InChI=1S/C27H24BrN3O4S/c1-36(33,34)31(24-10-5-9-23(28)16-24)18-27(32)30-29-17-20-12-14-25(15-13-20)35-19-22-8-4-7-21-6-2-3-11-26(21)22/h2-17H,18-19H2,1H3,(H,30,32)/b29-17-. The lowest BCUT2D eigenvalue weighted by atomic mass is 10.1. The van der Waals surface area contributed by atoms with Gasteiger partial charge in [0.2, 0.25) is 10.0 Å². The van der Waals surface area contributed by atoms with Crippen molar-refractivity contribution >= 4 is 54.5 Å². The van der Waals surface area contributed by atoms with Crippen molar-refractivity contribution in [3.63, 3.8) is 0 Å². The lowest BCUT2D eigenvalue weighted by Gasteiger charge is -2.21. The molecular weight excluding hydrogens is 542 g/mol. The van der Waals surface area contributed by atoms with E-state index < -0.39 is 22.5 Å². The Labute approximate surface area is 218 Å². The van der Waals surface area contributed by atoms with Gasteiger partial charge in [-0.1, -0.05) is 64.5 Å². The molecule has 0 atom stereocenters. The molecule has 1 amide bonds. The number of nitrogens with zero attached hydrogens (tertiary/aromatic N) is 2. The summed E-state index contributed by atoms with van der Waals surface area (Å²) in [6, 6.07) is 28.3. The Balaban J connectivity index is 1.33. The van der Waals surface area contributed by atoms with Gasteiger partial charge in [-0.2, -0.15) is 5.10 Å². The van der Waals surface area contributed by atoms with Crippen LogP contribution in [-0.4, -0.2) is 33.3 Å². The fraction of sp³-hybridized carbons (Fsp3) is 0.111. The van der Waals surface area contributed by atoms with Crippen LogP contribution in [0.25, 0.3) is 10.8 Å². The highest BCUT2D eigenvalue weighted by Crippen LogP contribution is 2.22. The number of carbonyl (C=O) groups is 1. The molecule has 1 N–H and O–H groups in total. The zero-order valence-electron chi connectivity index (χ0n) is 19.5. The van der Waals surface area contributed by atoms with Crippen molar-refractivity contribution in [3.8, 4) is 5.75 Å². The van der Waals surface area contributed by atoms with Gasteiger partial charge in [0.05, 0.1) is 18.2 Å². The Morgan fingerprint density at radius 2 is 1.72 bits per heavy atom. The number of ether oxygens (including phenoxy) is 1. The molecule has 0 heterocycles. The van der Waals surface area contributed by atoms with Crippen LogP contribution in [0.1, 0.15) is 11.1 Å². The van der Waals surface area contributed by atoms with E-state index in [-0.39, 0.29) is 0 Å². The number of benzene rings is 4. The second-order valence-corrected chi connectivity index (χ2v) is 10.9. The Bertz CT molecular complexity index is 1500. The van der Waals surface area contributed by atoms with Crippen molar-refractivity contribution in [2.24, 2.45) is 5.10 Å². The fourth-order valence-corrected chi connectivity index (χ4v) is 4.84. The zero-order valence-corrected chi connectivity index (χ0v) is 21.9. The molecule has 0 aromatic heterocycles. The molecular formula is C27H24BrN3O4S. The van der Waals surface area contributed by atoms with Crippen LogP contribution in [0, 0.1) is 0 Å². The first-order valence-corrected chi connectivity index (χ1v) is 13.7. The summed E-state index contributed by atoms with van der Waals surface area (Å²) >= 11 is 3.31. The maximum absolute atomic E-state index is 12.4. The van der Waals surface area contributed by atoms with Crippen molar-refractivity contribution in [1.82, 2.24) is 5.43 Å². The number of nitrogens with one attached hydrogen (secondary N) is 1. The summed E-state index contributed by atoms with van der Waals surface area (Å²) in [4.78, 5) is 12.4. The Morgan fingerprint density at radius 1 is 1.00 bits per heavy atom. The minimum Gasteiger partial charge on any atom is -0.489 e. The van der Waals surface area contributed by atoms with Crippen LogP contribution >= 0.6 is 15.9 Å². The molecule has 7 nitrogen and oxygen atoms in total. The molecule has 0 saturated heterocycles. The summed E-state index contributed by atoms with van der Waals surface area (Å²) in [6.07, 6.45) is 2.53. The van der Waals surface area contributed by atoms with Crippen LogP contribution in [0.2, 0.25) is 0 Å². The van der Waals surface area contributed by atoms with Crippen LogP contribution in [0.15, 0.2) is 101 Å². The zero-order chi connectivity index (χ0) is 25.5. The molecule has 0 aliphatic carbocycles. The maximum Gasteiger partial charge on any atom is 0.260 e. The predicted molar refractivity (Wildman–Crippen MR) is 147 cm³/mol. The summed E-state index contributed by atoms with van der Waals surface area (Å²) in [5, 5.41) is 6.28. The molecule has 0 spiro atoms. The van der Waals surface area contributed by atoms with Crippen LogP contribution in [0.3, 0.4) is 0 Å². The second-order valence-electron chi connectivity index (χ2n) is 8.04. The minimum atomic E-state index is -3.66. The van der Waals surface area contributed by atoms with E-state index in [1.54, 1.807) is 24.3 Å². The second kappa shape index (κ2) is 11.4. The van der Waals surface area contributed by atoms with Gasteiger partial charge in [-0.15, -0.1) is 0 Å². The van der Waals surface area contributed by atoms with E-state index in [1.807, 2.05) is 48.5 Å². The number of halogens is 1. The third kappa shape index (κ3) is 6.71. The van der Waals surface area contributed by atoms with E-state index in [9.17, 15) is 13.2 Å². The summed E-state index contributed by atoms with van der Waals surface area (Å²) in [5.41, 5.74) is 4.61. The number of hydrazone groups is 1. The highest BCUT2D eigenvalue weighted by atomic mass is 79.9. The SMILES string of the molecule is CS(=O)(=O)N(CC(=O)N/N=C\c1ccc(OCc2cccc3ccccc23)cc1)c1cccc(Br)c1. The van der Waals surface area contributed by atoms with Gasteiger partial charge < -0.3 is 4.74 Å². The van der Waals surface area contributed by atoms with E-state index in [4.69, 9.17) is 4.74 Å². The molecule has 0 fully saturated rings. The van der Waals surface area contributed by atoms with Gasteiger partial charge in [0.25, 0.3) is 5.91 Å². The average Bonchev–Trinajstić information content (AvgIpc) is 2.86. The van der Waals surface area contributed by atoms with Gasteiger partial charge in [-0.3, -0.25) is 9.10 Å². The molecule has 0 aliphatic heterocycles. The summed E-state index contributed by atoms with van der Waals surface area (Å²) in [7, 11) is -3.66. The van der Waals surface area contributed by atoms with Crippen LogP contribution in [0.5, 0.6) is 5.75 Å². The van der Waals surface area contributed by atoms with Crippen LogP contribution in [-0.2, 0) is 21.4 Å². The van der Waals surface area contributed by atoms with Crippen LogP contribution in [0.4, 0.5) is 5.69 Å². The smallest absolute Gasteiger partial charge is 0.260 e. The molecule has 0 saturated carbocycles. The number of hydrogen-bond acceptors (Lipinski definition) is 5. The summed E-state index contributed by atoms with van der Waals surface area (Å²) in [6.45, 7) is 0.0489. The van der Waals surface area contributed by atoms with Crippen molar-refractivity contribution < 1.29 is 17.9 Å². The van der Waals surface area contributed by atoms with E-state index in [2.05, 4.69) is 44.7 Å². The molecule has 9 heteroatoms. The largest absolute Gasteiger partial charge is 0.489 e. The van der Waals surface area contributed by atoms with Crippen molar-refractivity contribution in [2.75, 3.05) is 17.1 Å². The Hall–Kier alpha value is -3.69. The van der Waals surface area contributed by atoms with Crippen molar-refractivity contribution in [2.45, 2.75) is 6.61 Å². The predicted octanol–water partition coefficient (Wildman–Crippen LogP) is 5.10. The van der Waals surface area contributed by atoms with Crippen molar-refractivity contribution in [1.29, 1.82) is 0 Å². The van der Waals surface area contributed by atoms with Gasteiger partial charge >= 0.3 is 0 Å². The van der Waals surface area contributed by atoms with E-state index in [1.165, 1.54) is 11.6 Å². The first-order chi connectivity index (χ1) is 17.3. The van der Waals surface area contributed by atoms with Crippen molar-refractivity contribution in [3.05, 3.63) is 107 Å². The van der Waals surface area contributed by atoms with Gasteiger partial charge in [0.1, 0.15) is 18.9 Å². The lowest BCUT2D eigenvalue weighted by Crippen LogP contribution is -2.39. The number of amides is 1. The summed E-state index contributed by atoms with van der Waals surface area (Å²) in [5.74, 6) is 0.147. The lowest BCUT2D eigenvalue weighted by molar-refractivity contribution is -0.119. The van der Waals surface area contributed by atoms with E-state index in [0.29, 0.717) is 22.5 Å². The molecule has 4 rings (SSSR count). The first kappa shape index (κ1) is 25.4. The Morgan fingerprint density at radius 3 is 2.47 bits per heavy atom. The highest BCUT2D eigenvalue weighted by Gasteiger charge is 2.20. The normalized spacial score (nSPS) is 11.5. The van der Waals surface area contributed by atoms with E-state index >= 15 is 0 Å². The number of hydrogen-bond donors (Lipinski definition) is 1. The third-order valence-corrected chi connectivity index (χ3v) is 6.97. The third-order valence-electron chi connectivity index (χ3n) is 5.34. The van der Waals surface area contributed by atoms with Gasteiger partial charge in [0, 0.05) is 4.47 Å². The molecule has 0 bridgehead atoms. The average molecular weight is 566 g/mol. The highest BCUT2D eigenvalue weighted by molar-refractivity contribution is 9.10. The molecule has 0 radical (unpaired) electrons. The number of anilines is 1. The van der Waals surface area contributed by atoms with Gasteiger partial charge in [0.15, 0.2) is 0 Å². The monoisotopic (exact) mass is 565 g/mol. The number of carbonyl (C=O) groups excluding carboxylic acids is 1. The summed E-state index contributed by atoms with van der Waals surface area (Å²) < 4.78 is 32.1. The molecule has 184 valence electrons. The number of rotatable bonds is 9. The minimum absolute atomic E-state index is 0.380. The first-order valence-electron chi connectivity index (χ1n) is 11.0. The van der Waals surface area contributed by atoms with E-state index in [0.717, 1.165) is 27.1 Å².